The molecule has 0 aliphatic heterocycles. The van der Waals surface area contributed by atoms with Crippen molar-refractivity contribution in [1.29, 1.82) is 0 Å². The van der Waals surface area contributed by atoms with E-state index >= 15 is 0 Å². The van der Waals surface area contributed by atoms with Gasteiger partial charge < -0.3 is 10.2 Å². The number of rotatable bonds is 6. The van der Waals surface area contributed by atoms with E-state index in [0.717, 1.165) is 12.8 Å². The Labute approximate surface area is 64.3 Å². The number of hydrogen-bond donors (Lipinski definition) is 2. The fourth-order valence-corrected chi connectivity index (χ4v) is 0.855. The molecule has 0 fully saturated rings. The molecule has 0 spiro atoms. The van der Waals surface area contributed by atoms with Gasteiger partial charge in [-0.1, -0.05) is 32.6 Å². The lowest BCUT2D eigenvalue weighted by Crippen LogP contribution is -2.10. The molecule has 0 amide bonds. The highest BCUT2D eigenvalue weighted by molar-refractivity contribution is 4.52. The lowest BCUT2D eigenvalue weighted by atomic mass is 10.1. The van der Waals surface area contributed by atoms with Crippen LogP contribution in [0.4, 0.5) is 0 Å². The quantitative estimate of drug-likeness (QED) is 0.556. The lowest BCUT2D eigenvalue weighted by molar-refractivity contribution is 0.0860. The summed E-state index contributed by atoms with van der Waals surface area (Å²) in [4.78, 5) is 0. The number of hydrogen-bond acceptors (Lipinski definition) is 2. The molecule has 2 unspecified atom stereocenters. The Morgan fingerprint density at radius 3 is 2.60 bits per heavy atom. The molecule has 0 saturated carbocycles. The van der Waals surface area contributed by atoms with Crippen LogP contribution in [-0.2, 0) is 0 Å². The van der Waals surface area contributed by atoms with Crippen molar-refractivity contribution in [2.45, 2.75) is 45.1 Å². The van der Waals surface area contributed by atoms with E-state index in [1.54, 1.807) is 0 Å². The average molecular weight is 147 g/mol. The Morgan fingerprint density at radius 1 is 1.40 bits per heavy atom. The van der Waals surface area contributed by atoms with Crippen LogP contribution in [0.2, 0.25) is 0 Å². The Balaban J connectivity index is 3.10. The lowest BCUT2D eigenvalue weighted by Gasteiger charge is -2.04. The van der Waals surface area contributed by atoms with Gasteiger partial charge in [-0.05, 0) is 6.42 Å². The van der Waals surface area contributed by atoms with Gasteiger partial charge in [0.1, 0.15) is 0 Å². The zero-order valence-corrected chi connectivity index (χ0v) is 6.58. The van der Waals surface area contributed by atoms with Crippen LogP contribution in [0.5, 0.6) is 0 Å². The molecule has 2 heteroatoms. The summed E-state index contributed by atoms with van der Waals surface area (Å²) in [6, 6.07) is 0. The third kappa shape index (κ3) is 6.05. The van der Waals surface area contributed by atoms with Crippen LogP contribution in [0, 0.1) is 0 Å². The van der Waals surface area contributed by atoms with Gasteiger partial charge in [-0.3, -0.25) is 0 Å². The minimum Gasteiger partial charge on any atom is -0.394 e. The van der Waals surface area contributed by atoms with E-state index in [1.165, 1.54) is 12.8 Å². The molecule has 2 N–H and O–H groups in total. The first-order valence-electron chi connectivity index (χ1n) is 4.54. The van der Waals surface area contributed by atoms with Gasteiger partial charge >= 0.3 is 0 Å². The van der Waals surface area contributed by atoms with Crippen molar-refractivity contribution in [2.24, 2.45) is 0 Å². The molecule has 0 bridgehead atoms. The van der Waals surface area contributed by atoms with Crippen molar-refractivity contribution in [2.75, 3.05) is 6.58 Å². The van der Waals surface area contributed by atoms with Crippen molar-refractivity contribution in [3.8, 4) is 0 Å². The zero-order valence-electron chi connectivity index (χ0n) is 7.58. The third-order valence-corrected chi connectivity index (χ3v) is 1.53. The highest BCUT2D eigenvalue weighted by atomic mass is 16.3. The van der Waals surface area contributed by atoms with E-state index in [4.69, 9.17) is 11.6 Å². The molecule has 0 aliphatic rings. The van der Waals surface area contributed by atoms with Crippen molar-refractivity contribution in [3.63, 3.8) is 0 Å². The molecule has 62 valence electrons. The molecule has 0 heterocycles. The first-order valence-corrected chi connectivity index (χ1v) is 3.97. The summed E-state index contributed by atoms with van der Waals surface area (Å²) >= 11 is 0. The molecule has 2 atom stereocenters. The summed E-state index contributed by atoms with van der Waals surface area (Å²) < 4.78 is 6.77. The van der Waals surface area contributed by atoms with Crippen LogP contribution in [0.25, 0.3) is 0 Å². The Morgan fingerprint density at radius 2 is 2.10 bits per heavy atom. The predicted octanol–water partition coefficient (Wildman–Crippen LogP) is 1.31. The first kappa shape index (κ1) is 8.02. The molecule has 0 aromatic carbocycles. The summed E-state index contributed by atoms with van der Waals surface area (Å²) in [6.07, 6.45) is 4.02. The molecule has 0 aromatic heterocycles. The van der Waals surface area contributed by atoms with Gasteiger partial charge in [0.2, 0.25) is 0 Å². The van der Waals surface area contributed by atoms with Gasteiger partial charge in [0.25, 0.3) is 0 Å². The van der Waals surface area contributed by atoms with Crippen molar-refractivity contribution in [1.82, 2.24) is 0 Å². The second kappa shape index (κ2) is 7.03. The maximum absolute atomic E-state index is 8.99. The molecule has 0 aromatic rings. The van der Waals surface area contributed by atoms with E-state index in [-0.39, 0.29) is 0 Å². The minimum absolute atomic E-state index is 0.546. The fraction of sp³-hybridized carbons (Fsp3) is 1.00. The summed E-state index contributed by atoms with van der Waals surface area (Å²) in [7, 11) is 0. The van der Waals surface area contributed by atoms with Crippen LogP contribution in [0.1, 0.15) is 40.4 Å². The van der Waals surface area contributed by atoms with E-state index in [1.807, 2.05) is 0 Å². The van der Waals surface area contributed by atoms with E-state index in [0.29, 0.717) is 6.42 Å². The summed E-state index contributed by atoms with van der Waals surface area (Å²) in [5.74, 6) is 0. The predicted molar refractivity (Wildman–Crippen MR) is 41.9 cm³/mol. The van der Waals surface area contributed by atoms with Gasteiger partial charge in [0, 0.05) is 0 Å². The summed E-state index contributed by atoms with van der Waals surface area (Å²) in [5, 5.41) is 17.6. The second-order valence-electron chi connectivity index (χ2n) is 2.57. The Bertz CT molecular complexity index is 86.2. The largest absolute Gasteiger partial charge is 0.394 e. The zero-order chi connectivity index (χ0) is 8.69. The number of aliphatic hydroxyl groups excluding tert-OH is 2. The van der Waals surface area contributed by atoms with Crippen LogP contribution in [0.15, 0.2) is 0 Å². The van der Waals surface area contributed by atoms with Crippen molar-refractivity contribution < 1.29 is 11.6 Å². The summed E-state index contributed by atoms with van der Waals surface area (Å²) in [5.41, 5.74) is 0. The maximum Gasteiger partial charge on any atom is 0.0770 e. The average Bonchev–Trinajstić information content (AvgIpc) is 1.97. The standard InChI is InChI=1S/C8H18O2/c1-2-3-4-5-6-8(10)7-9/h8-10H,2-7H2,1H3/i7D. The second-order valence-corrected chi connectivity index (χ2v) is 2.57. The van der Waals surface area contributed by atoms with E-state index < -0.39 is 12.7 Å². The number of unbranched alkanes of at least 4 members (excludes halogenated alkanes) is 3. The van der Waals surface area contributed by atoms with Crippen LogP contribution in [-0.4, -0.2) is 22.9 Å². The topological polar surface area (TPSA) is 40.5 Å². The molecular formula is C8H18O2. The molecule has 0 rings (SSSR count). The van der Waals surface area contributed by atoms with E-state index in [2.05, 4.69) is 6.92 Å². The maximum atomic E-state index is 8.99. The van der Waals surface area contributed by atoms with Gasteiger partial charge in [-0.15, -0.1) is 0 Å². The van der Waals surface area contributed by atoms with Gasteiger partial charge in [0.05, 0.1) is 14.1 Å². The van der Waals surface area contributed by atoms with Crippen molar-refractivity contribution >= 4 is 0 Å². The minimum atomic E-state index is -1.32. The monoisotopic (exact) mass is 147 g/mol. The van der Waals surface area contributed by atoms with Crippen LogP contribution in [0.3, 0.4) is 0 Å². The molecule has 0 radical (unpaired) electrons. The summed E-state index contributed by atoms with van der Waals surface area (Å²) in [6.45, 7) is 0.798. The Hall–Kier alpha value is -0.0800. The molecule has 2 nitrogen and oxygen atoms in total. The highest BCUT2D eigenvalue weighted by Crippen LogP contribution is 2.04. The molecule has 0 saturated heterocycles. The van der Waals surface area contributed by atoms with Gasteiger partial charge in [0.15, 0.2) is 0 Å². The van der Waals surface area contributed by atoms with Crippen LogP contribution < -0.4 is 0 Å². The van der Waals surface area contributed by atoms with Crippen LogP contribution >= 0.6 is 0 Å². The first-order chi connectivity index (χ1) is 5.18. The Kier molecular flexibility index (Phi) is 5.64. The smallest absolute Gasteiger partial charge is 0.0770 e. The third-order valence-electron chi connectivity index (χ3n) is 1.53. The SMILES string of the molecule is [2H]C(O)C(O)CCCCCC. The van der Waals surface area contributed by atoms with E-state index in [9.17, 15) is 0 Å². The van der Waals surface area contributed by atoms with Crippen molar-refractivity contribution in [3.05, 3.63) is 0 Å². The molecular weight excluding hydrogens is 128 g/mol. The molecule has 0 aliphatic carbocycles. The normalized spacial score (nSPS) is 18.1. The van der Waals surface area contributed by atoms with Gasteiger partial charge in [-0.25, -0.2) is 0 Å². The fourth-order valence-electron chi connectivity index (χ4n) is 0.855. The van der Waals surface area contributed by atoms with Gasteiger partial charge in [-0.2, -0.15) is 0 Å². The molecule has 10 heavy (non-hydrogen) atoms. The number of aliphatic hydroxyl groups is 2. The highest BCUT2D eigenvalue weighted by Gasteiger charge is 1.99.